The fourth-order valence-electron chi connectivity index (χ4n) is 2.50. The number of phenolic OH excluding ortho intramolecular Hbond substituents is 1. The summed E-state index contributed by atoms with van der Waals surface area (Å²) in [4.78, 5) is 0. The van der Waals surface area contributed by atoms with E-state index in [2.05, 4.69) is 10.4 Å². The number of rotatable bonds is 4. The van der Waals surface area contributed by atoms with Crippen molar-refractivity contribution in [2.75, 3.05) is 13.1 Å². The van der Waals surface area contributed by atoms with Gasteiger partial charge in [0.25, 0.3) is 0 Å². The Bertz CT molecular complexity index is 562. The van der Waals surface area contributed by atoms with Crippen LogP contribution in [0.1, 0.15) is 12.8 Å². The Kier molecular flexibility index (Phi) is 3.87. The lowest BCUT2D eigenvalue weighted by atomic mass is 9.98. The highest BCUT2D eigenvalue weighted by molar-refractivity contribution is 5.40. The summed E-state index contributed by atoms with van der Waals surface area (Å²) in [6.07, 6.45) is 5.95. The van der Waals surface area contributed by atoms with E-state index in [1.807, 2.05) is 16.9 Å². The molecular weight excluding hydrogens is 254 g/mol. The van der Waals surface area contributed by atoms with Gasteiger partial charge in [-0.05, 0) is 44.0 Å². The number of phenols is 1. The first-order valence-corrected chi connectivity index (χ1v) is 7.00. The SMILES string of the molecule is Oc1ccccc1Oc1cnn(CC2CCNCC2)c1. The van der Waals surface area contributed by atoms with Crippen molar-refractivity contribution in [2.24, 2.45) is 5.92 Å². The van der Waals surface area contributed by atoms with E-state index in [1.165, 1.54) is 12.8 Å². The molecule has 5 nitrogen and oxygen atoms in total. The number of benzene rings is 1. The van der Waals surface area contributed by atoms with Crippen LogP contribution in [-0.2, 0) is 6.54 Å². The van der Waals surface area contributed by atoms with E-state index in [9.17, 15) is 5.11 Å². The molecule has 3 rings (SSSR count). The molecule has 0 unspecified atom stereocenters. The zero-order chi connectivity index (χ0) is 13.8. The molecule has 1 aromatic carbocycles. The Morgan fingerprint density at radius 1 is 1.30 bits per heavy atom. The summed E-state index contributed by atoms with van der Waals surface area (Å²) in [5.41, 5.74) is 0. The van der Waals surface area contributed by atoms with Gasteiger partial charge in [-0.3, -0.25) is 4.68 Å². The van der Waals surface area contributed by atoms with Crippen molar-refractivity contribution >= 4 is 0 Å². The highest BCUT2D eigenvalue weighted by atomic mass is 16.5. The highest BCUT2D eigenvalue weighted by Crippen LogP contribution is 2.29. The average molecular weight is 273 g/mol. The number of para-hydroxylation sites is 2. The van der Waals surface area contributed by atoms with E-state index < -0.39 is 0 Å². The molecular formula is C15H19N3O2. The number of hydrogen-bond donors (Lipinski definition) is 2. The van der Waals surface area contributed by atoms with E-state index in [4.69, 9.17) is 4.74 Å². The van der Waals surface area contributed by atoms with E-state index in [1.54, 1.807) is 24.4 Å². The first-order chi connectivity index (χ1) is 9.81. The van der Waals surface area contributed by atoms with Gasteiger partial charge in [-0.2, -0.15) is 5.10 Å². The molecule has 0 bridgehead atoms. The van der Waals surface area contributed by atoms with Gasteiger partial charge in [-0.25, -0.2) is 0 Å². The predicted molar refractivity (Wildman–Crippen MR) is 76.0 cm³/mol. The van der Waals surface area contributed by atoms with Crippen molar-refractivity contribution < 1.29 is 9.84 Å². The van der Waals surface area contributed by atoms with Crippen LogP contribution in [0.5, 0.6) is 17.2 Å². The summed E-state index contributed by atoms with van der Waals surface area (Å²) in [5.74, 6) is 1.92. The monoisotopic (exact) mass is 273 g/mol. The number of piperidine rings is 1. The number of nitrogens with zero attached hydrogens (tertiary/aromatic N) is 2. The largest absolute Gasteiger partial charge is 0.504 e. The smallest absolute Gasteiger partial charge is 0.169 e. The quantitative estimate of drug-likeness (QED) is 0.898. The third-order valence-electron chi connectivity index (χ3n) is 3.61. The van der Waals surface area contributed by atoms with Crippen LogP contribution >= 0.6 is 0 Å². The summed E-state index contributed by atoms with van der Waals surface area (Å²) in [6.45, 7) is 3.10. The van der Waals surface area contributed by atoms with Crippen molar-refractivity contribution in [3.8, 4) is 17.2 Å². The first-order valence-electron chi connectivity index (χ1n) is 7.00. The normalized spacial score (nSPS) is 16.2. The standard InChI is InChI=1S/C15H19N3O2/c19-14-3-1-2-4-15(14)20-13-9-17-18(11-13)10-12-5-7-16-8-6-12/h1-4,9,11-12,16,19H,5-8,10H2. The fraction of sp³-hybridized carbons (Fsp3) is 0.400. The average Bonchev–Trinajstić information content (AvgIpc) is 2.90. The lowest BCUT2D eigenvalue weighted by Gasteiger charge is -2.22. The van der Waals surface area contributed by atoms with E-state index in [-0.39, 0.29) is 5.75 Å². The van der Waals surface area contributed by atoms with Crippen molar-refractivity contribution in [3.05, 3.63) is 36.7 Å². The number of nitrogens with one attached hydrogen (secondary N) is 1. The molecule has 106 valence electrons. The van der Waals surface area contributed by atoms with Gasteiger partial charge in [0.1, 0.15) is 0 Å². The molecule has 5 heteroatoms. The summed E-state index contributed by atoms with van der Waals surface area (Å²) < 4.78 is 7.56. The van der Waals surface area contributed by atoms with Crippen molar-refractivity contribution in [2.45, 2.75) is 19.4 Å². The molecule has 0 radical (unpaired) electrons. The van der Waals surface area contributed by atoms with E-state index in [0.29, 0.717) is 17.4 Å². The molecule has 2 N–H and O–H groups in total. The molecule has 0 spiro atoms. The summed E-state index contributed by atoms with van der Waals surface area (Å²) >= 11 is 0. The zero-order valence-electron chi connectivity index (χ0n) is 11.3. The molecule has 20 heavy (non-hydrogen) atoms. The number of hydrogen-bond acceptors (Lipinski definition) is 4. The van der Waals surface area contributed by atoms with Gasteiger partial charge in [0.15, 0.2) is 17.2 Å². The molecule has 0 saturated carbocycles. The first kappa shape index (κ1) is 13.0. The number of ether oxygens (including phenoxy) is 1. The van der Waals surface area contributed by atoms with Crippen molar-refractivity contribution in [1.82, 2.24) is 15.1 Å². The van der Waals surface area contributed by atoms with Crippen LogP contribution in [0.2, 0.25) is 0 Å². The second kappa shape index (κ2) is 5.96. The van der Waals surface area contributed by atoms with Gasteiger partial charge < -0.3 is 15.2 Å². The Labute approximate surface area is 118 Å². The van der Waals surface area contributed by atoms with Gasteiger partial charge in [0.05, 0.1) is 12.4 Å². The van der Waals surface area contributed by atoms with Crippen molar-refractivity contribution in [3.63, 3.8) is 0 Å². The van der Waals surface area contributed by atoms with Gasteiger partial charge in [0, 0.05) is 6.54 Å². The maximum Gasteiger partial charge on any atom is 0.169 e. The van der Waals surface area contributed by atoms with Crippen LogP contribution in [0.15, 0.2) is 36.7 Å². The van der Waals surface area contributed by atoms with Crippen LogP contribution in [-0.4, -0.2) is 28.0 Å². The Morgan fingerprint density at radius 2 is 2.10 bits per heavy atom. The summed E-state index contributed by atoms with van der Waals surface area (Å²) in [5, 5.41) is 17.4. The number of aromatic hydroxyl groups is 1. The van der Waals surface area contributed by atoms with Crippen LogP contribution in [0.4, 0.5) is 0 Å². The zero-order valence-corrected chi connectivity index (χ0v) is 11.3. The van der Waals surface area contributed by atoms with Crippen LogP contribution in [0, 0.1) is 5.92 Å². The molecule has 0 atom stereocenters. The topological polar surface area (TPSA) is 59.3 Å². The maximum atomic E-state index is 9.68. The minimum absolute atomic E-state index is 0.138. The summed E-state index contributed by atoms with van der Waals surface area (Å²) in [6, 6.07) is 6.94. The van der Waals surface area contributed by atoms with Gasteiger partial charge >= 0.3 is 0 Å². The predicted octanol–water partition coefficient (Wildman–Crippen LogP) is 2.38. The molecule has 0 aliphatic carbocycles. The minimum Gasteiger partial charge on any atom is -0.504 e. The van der Waals surface area contributed by atoms with Crippen LogP contribution < -0.4 is 10.1 Å². The second-order valence-corrected chi connectivity index (χ2v) is 5.16. The molecule has 2 aromatic rings. The Morgan fingerprint density at radius 3 is 2.90 bits per heavy atom. The Hall–Kier alpha value is -2.01. The lowest BCUT2D eigenvalue weighted by Crippen LogP contribution is -2.29. The second-order valence-electron chi connectivity index (χ2n) is 5.16. The van der Waals surface area contributed by atoms with Crippen LogP contribution in [0.3, 0.4) is 0 Å². The van der Waals surface area contributed by atoms with Crippen LogP contribution in [0.25, 0.3) is 0 Å². The third kappa shape index (κ3) is 3.11. The molecule has 2 heterocycles. The van der Waals surface area contributed by atoms with Crippen molar-refractivity contribution in [1.29, 1.82) is 0 Å². The van der Waals surface area contributed by atoms with E-state index in [0.717, 1.165) is 19.6 Å². The third-order valence-corrected chi connectivity index (χ3v) is 3.61. The van der Waals surface area contributed by atoms with Gasteiger partial charge in [-0.15, -0.1) is 0 Å². The Balaban J connectivity index is 1.63. The fourth-order valence-corrected chi connectivity index (χ4v) is 2.50. The minimum atomic E-state index is 0.138. The maximum absolute atomic E-state index is 9.68. The molecule has 1 aliphatic heterocycles. The lowest BCUT2D eigenvalue weighted by molar-refractivity contribution is 0.320. The highest BCUT2D eigenvalue weighted by Gasteiger charge is 2.14. The molecule has 1 saturated heterocycles. The van der Waals surface area contributed by atoms with Gasteiger partial charge in [0.2, 0.25) is 0 Å². The molecule has 1 aromatic heterocycles. The summed E-state index contributed by atoms with van der Waals surface area (Å²) in [7, 11) is 0. The van der Waals surface area contributed by atoms with Gasteiger partial charge in [-0.1, -0.05) is 12.1 Å². The molecule has 0 amide bonds. The van der Waals surface area contributed by atoms with E-state index >= 15 is 0 Å². The molecule has 1 aliphatic rings. The molecule has 1 fully saturated rings. The number of aromatic nitrogens is 2.